The summed E-state index contributed by atoms with van der Waals surface area (Å²) in [5, 5.41) is 4.02. The van der Waals surface area contributed by atoms with Crippen LogP contribution in [0.2, 0.25) is 0 Å². The fourth-order valence-electron chi connectivity index (χ4n) is 5.51. The highest BCUT2D eigenvalue weighted by atomic mass is 16.5. The number of nitrogens with zero attached hydrogens (tertiary/aromatic N) is 4. The van der Waals surface area contributed by atoms with Crippen LogP contribution in [-0.2, 0) is 6.42 Å². The molecule has 7 nitrogen and oxygen atoms in total. The molecule has 3 heterocycles. The molecule has 0 bridgehead atoms. The first-order valence-corrected chi connectivity index (χ1v) is 13.2. The molecule has 1 unspecified atom stereocenters. The first-order chi connectivity index (χ1) is 18.4. The molecule has 0 N–H and O–H groups in total. The molecule has 0 radical (unpaired) electrons. The Morgan fingerprint density at radius 1 is 1.05 bits per heavy atom. The van der Waals surface area contributed by atoms with Crippen molar-refractivity contribution in [3.63, 3.8) is 0 Å². The minimum absolute atomic E-state index is 0.0403. The monoisotopic (exact) mass is 508 g/mol. The number of hydrogen-bond donors (Lipinski definition) is 0. The van der Waals surface area contributed by atoms with Gasteiger partial charge in [0.25, 0.3) is 5.91 Å². The van der Waals surface area contributed by atoms with E-state index in [0.29, 0.717) is 29.7 Å². The maximum absolute atomic E-state index is 13.6. The van der Waals surface area contributed by atoms with E-state index in [1.807, 2.05) is 35.2 Å². The zero-order valence-corrected chi connectivity index (χ0v) is 22.3. The number of anilines is 1. The number of hydrogen-bond acceptors (Lipinski definition) is 6. The number of carbonyl (C=O) groups excluding carboxylic acids is 1. The summed E-state index contributed by atoms with van der Waals surface area (Å²) < 4.78 is 11.1. The van der Waals surface area contributed by atoms with Crippen LogP contribution in [0.15, 0.2) is 59.1 Å². The topological polar surface area (TPSA) is 71.7 Å². The summed E-state index contributed by atoms with van der Waals surface area (Å²) in [4.78, 5) is 22.0. The largest absolute Gasteiger partial charge is 0.493 e. The zero-order valence-electron chi connectivity index (χ0n) is 22.3. The van der Waals surface area contributed by atoms with Crippen LogP contribution in [-0.4, -0.2) is 54.7 Å². The lowest BCUT2D eigenvalue weighted by atomic mass is 9.95. The van der Waals surface area contributed by atoms with Crippen LogP contribution in [0, 0.1) is 13.8 Å². The third kappa shape index (κ3) is 4.47. The van der Waals surface area contributed by atoms with Gasteiger partial charge in [0, 0.05) is 41.8 Å². The number of ether oxygens (including phenoxy) is 1. The minimum atomic E-state index is 0.0403. The molecule has 3 aromatic carbocycles. The molecule has 0 spiro atoms. The third-order valence-electron chi connectivity index (χ3n) is 7.61. The average molecular weight is 509 g/mol. The minimum Gasteiger partial charge on any atom is -0.493 e. The van der Waals surface area contributed by atoms with Crippen molar-refractivity contribution >= 4 is 11.6 Å². The van der Waals surface area contributed by atoms with Gasteiger partial charge in [-0.3, -0.25) is 4.79 Å². The van der Waals surface area contributed by atoms with Crippen molar-refractivity contribution in [2.45, 2.75) is 32.6 Å². The number of rotatable bonds is 6. The molecule has 0 aliphatic carbocycles. The lowest BCUT2D eigenvalue weighted by Crippen LogP contribution is -2.28. The lowest BCUT2D eigenvalue weighted by molar-refractivity contribution is 0.0989. The predicted molar refractivity (Wildman–Crippen MR) is 148 cm³/mol. The van der Waals surface area contributed by atoms with Crippen molar-refractivity contribution in [1.29, 1.82) is 0 Å². The summed E-state index contributed by atoms with van der Waals surface area (Å²) in [5.41, 5.74) is 8.35. The van der Waals surface area contributed by atoms with Gasteiger partial charge in [0.1, 0.15) is 5.75 Å². The summed E-state index contributed by atoms with van der Waals surface area (Å²) in [5.74, 6) is 2.53. The number of aromatic nitrogens is 2. The summed E-state index contributed by atoms with van der Waals surface area (Å²) in [6, 6.07) is 18.4. The number of fused-ring (bicyclic) bond motifs is 2. The average Bonchev–Trinajstić information content (AvgIpc) is 3.64. The molecule has 7 heteroatoms. The van der Waals surface area contributed by atoms with Gasteiger partial charge in [0.05, 0.1) is 6.61 Å². The molecular weight excluding hydrogens is 476 g/mol. The second-order valence-corrected chi connectivity index (χ2v) is 10.6. The molecule has 2 aliphatic rings. The van der Waals surface area contributed by atoms with Crippen LogP contribution in [0.3, 0.4) is 0 Å². The highest BCUT2D eigenvalue weighted by Gasteiger charge is 2.31. The number of aryl methyl sites for hydroxylation is 2. The van der Waals surface area contributed by atoms with Crippen molar-refractivity contribution in [1.82, 2.24) is 15.0 Å². The first-order valence-electron chi connectivity index (χ1n) is 13.2. The van der Waals surface area contributed by atoms with E-state index >= 15 is 0 Å². The van der Waals surface area contributed by atoms with Gasteiger partial charge >= 0.3 is 0 Å². The van der Waals surface area contributed by atoms with Gasteiger partial charge in [-0.2, -0.15) is 4.98 Å². The van der Waals surface area contributed by atoms with E-state index in [1.54, 1.807) is 6.92 Å². The fraction of sp³-hybridized carbons (Fsp3) is 0.323. The van der Waals surface area contributed by atoms with E-state index in [0.717, 1.165) is 59.7 Å². The molecule has 2 aliphatic heterocycles. The molecule has 1 aromatic heterocycles. The molecule has 38 heavy (non-hydrogen) atoms. The van der Waals surface area contributed by atoms with Crippen LogP contribution in [0.4, 0.5) is 5.69 Å². The Kier molecular flexibility index (Phi) is 6.24. The molecule has 0 saturated heterocycles. The summed E-state index contributed by atoms with van der Waals surface area (Å²) >= 11 is 0. The lowest BCUT2D eigenvalue weighted by Gasteiger charge is -2.19. The Labute approximate surface area is 223 Å². The molecular formula is C31H32N4O3. The van der Waals surface area contributed by atoms with Crippen molar-refractivity contribution in [3.05, 3.63) is 82.7 Å². The molecule has 0 saturated carbocycles. The molecule has 0 fully saturated rings. The summed E-state index contributed by atoms with van der Waals surface area (Å²) in [6.07, 6.45) is 1.90. The van der Waals surface area contributed by atoms with E-state index in [2.05, 4.69) is 60.3 Å². The summed E-state index contributed by atoms with van der Waals surface area (Å²) in [6.45, 7) is 6.28. The quantitative estimate of drug-likeness (QED) is 0.335. The Morgan fingerprint density at radius 2 is 1.84 bits per heavy atom. The molecule has 194 valence electrons. The van der Waals surface area contributed by atoms with Crippen molar-refractivity contribution in [2.75, 3.05) is 38.7 Å². The number of amides is 1. The van der Waals surface area contributed by atoms with Gasteiger partial charge in [0.15, 0.2) is 0 Å². The molecule has 6 rings (SSSR count). The van der Waals surface area contributed by atoms with Crippen molar-refractivity contribution < 1.29 is 14.1 Å². The van der Waals surface area contributed by atoms with Gasteiger partial charge in [-0.15, -0.1) is 0 Å². The Balaban J connectivity index is 1.21. The Morgan fingerprint density at radius 3 is 2.55 bits per heavy atom. The maximum atomic E-state index is 13.6. The molecule has 1 amide bonds. The molecule has 4 aromatic rings. The van der Waals surface area contributed by atoms with Gasteiger partial charge in [-0.25, -0.2) is 0 Å². The SMILES string of the molecule is Cc1nc(-c2ccc(-c3ccc(C(=O)N4CCc5cc6c(cc54)C(CCN(C)C)CO6)cc3)c(C)c2)no1. The highest BCUT2D eigenvalue weighted by Crippen LogP contribution is 2.43. The standard InChI is InChI=1S/C31H32N4O3/c1-19-15-24(30-32-20(2)38-33-30)9-10-26(19)21-5-7-22(8-6-21)31(36)35-14-12-23-16-29-27(17-28(23)35)25(18-37-29)11-13-34(3)4/h5-10,15-17,25H,11-14,18H2,1-4H3. The zero-order chi connectivity index (χ0) is 26.4. The van der Waals surface area contributed by atoms with Gasteiger partial charge in [-0.1, -0.05) is 29.4 Å². The van der Waals surface area contributed by atoms with Gasteiger partial charge in [-0.05, 0) is 93.0 Å². The van der Waals surface area contributed by atoms with Crippen LogP contribution in [0.1, 0.15) is 45.3 Å². The van der Waals surface area contributed by atoms with Gasteiger partial charge in [0.2, 0.25) is 11.7 Å². The van der Waals surface area contributed by atoms with E-state index in [1.165, 1.54) is 11.1 Å². The van der Waals surface area contributed by atoms with Gasteiger partial charge < -0.3 is 19.1 Å². The van der Waals surface area contributed by atoms with Crippen LogP contribution in [0.25, 0.3) is 22.5 Å². The van der Waals surface area contributed by atoms with E-state index in [4.69, 9.17) is 9.26 Å². The molecule has 1 atom stereocenters. The van der Waals surface area contributed by atoms with Crippen LogP contribution < -0.4 is 9.64 Å². The van der Waals surface area contributed by atoms with Crippen LogP contribution in [0.5, 0.6) is 5.75 Å². The fourth-order valence-corrected chi connectivity index (χ4v) is 5.51. The van der Waals surface area contributed by atoms with Crippen molar-refractivity contribution in [3.8, 4) is 28.3 Å². The summed E-state index contributed by atoms with van der Waals surface area (Å²) in [7, 11) is 4.19. The maximum Gasteiger partial charge on any atom is 0.258 e. The highest BCUT2D eigenvalue weighted by molar-refractivity contribution is 6.07. The third-order valence-corrected chi connectivity index (χ3v) is 7.61. The van der Waals surface area contributed by atoms with E-state index in [-0.39, 0.29) is 5.91 Å². The smallest absolute Gasteiger partial charge is 0.258 e. The number of benzene rings is 3. The predicted octanol–water partition coefficient (Wildman–Crippen LogP) is 5.65. The Bertz CT molecular complexity index is 1510. The Hall–Kier alpha value is -3.97. The van der Waals surface area contributed by atoms with Crippen LogP contribution >= 0.6 is 0 Å². The van der Waals surface area contributed by atoms with Crippen molar-refractivity contribution in [2.24, 2.45) is 0 Å². The van der Waals surface area contributed by atoms with E-state index < -0.39 is 0 Å². The normalized spacial score (nSPS) is 16.0. The first kappa shape index (κ1) is 24.4. The second kappa shape index (κ2) is 9.72. The number of carbonyl (C=O) groups is 1. The van der Waals surface area contributed by atoms with E-state index in [9.17, 15) is 4.79 Å². The second-order valence-electron chi connectivity index (χ2n) is 10.6.